The van der Waals surface area contributed by atoms with Crippen LogP contribution < -0.4 is 9.64 Å². The summed E-state index contributed by atoms with van der Waals surface area (Å²) in [4.78, 5) is 1.46. The third-order valence-electron chi connectivity index (χ3n) is 5.03. The first-order chi connectivity index (χ1) is 12.1. The van der Waals surface area contributed by atoms with Gasteiger partial charge in [-0.25, -0.2) is 4.68 Å². The molecular formula is C18H28N5O2+. The maximum Gasteiger partial charge on any atom is 0.209 e. The van der Waals surface area contributed by atoms with Crippen LogP contribution in [0, 0.1) is 5.92 Å². The molecule has 1 aliphatic rings. The van der Waals surface area contributed by atoms with Crippen molar-refractivity contribution in [3.63, 3.8) is 0 Å². The molecule has 25 heavy (non-hydrogen) atoms. The lowest BCUT2D eigenvalue weighted by molar-refractivity contribution is -0.941. The van der Waals surface area contributed by atoms with Crippen molar-refractivity contribution in [3.8, 4) is 5.75 Å². The van der Waals surface area contributed by atoms with Gasteiger partial charge < -0.3 is 14.7 Å². The van der Waals surface area contributed by atoms with Crippen LogP contribution >= 0.6 is 0 Å². The molecule has 0 radical (unpaired) electrons. The second kappa shape index (κ2) is 7.93. The standard InChI is InChI=1S/C18H27N5O2/c1-13(2)17(22-10-8-15(24)9-11-22)18-19-20-21-23(18)12-14-4-6-16(25-3)7-5-14/h4-7,13,15,17,24H,8-12H2,1-3H3/p+1/t17-/m0/s1. The van der Waals surface area contributed by atoms with Gasteiger partial charge in [0.1, 0.15) is 5.75 Å². The lowest BCUT2D eigenvalue weighted by atomic mass is 9.97. The molecule has 2 aromatic rings. The fraction of sp³-hybridized carbons (Fsp3) is 0.611. The first-order valence-corrected chi connectivity index (χ1v) is 9.00. The number of rotatable bonds is 6. The topological polar surface area (TPSA) is 77.5 Å². The van der Waals surface area contributed by atoms with Crippen LogP contribution in [-0.2, 0) is 6.54 Å². The lowest BCUT2D eigenvalue weighted by Crippen LogP contribution is -3.14. The van der Waals surface area contributed by atoms with Crippen LogP contribution in [-0.4, -0.2) is 51.6 Å². The minimum atomic E-state index is -0.160. The summed E-state index contributed by atoms with van der Waals surface area (Å²) in [5.41, 5.74) is 1.14. The predicted molar refractivity (Wildman–Crippen MR) is 93.4 cm³/mol. The fourth-order valence-corrected chi connectivity index (χ4v) is 3.69. The summed E-state index contributed by atoms with van der Waals surface area (Å²) in [6.45, 7) is 6.99. The normalized spacial score (nSPS) is 22.1. The highest BCUT2D eigenvalue weighted by molar-refractivity contribution is 5.27. The Morgan fingerprint density at radius 2 is 1.92 bits per heavy atom. The molecule has 7 heteroatoms. The second-order valence-electron chi connectivity index (χ2n) is 7.15. The number of aliphatic hydroxyl groups excluding tert-OH is 1. The van der Waals surface area contributed by atoms with E-state index in [0.717, 1.165) is 43.1 Å². The average molecular weight is 346 g/mol. The molecule has 0 unspecified atom stereocenters. The Bertz CT molecular complexity index is 662. The Hall–Kier alpha value is -1.99. The Morgan fingerprint density at radius 1 is 1.24 bits per heavy atom. The van der Waals surface area contributed by atoms with Crippen molar-refractivity contribution in [2.24, 2.45) is 5.92 Å². The largest absolute Gasteiger partial charge is 0.497 e. The van der Waals surface area contributed by atoms with Crippen molar-refractivity contribution >= 4 is 0 Å². The molecule has 0 spiro atoms. The van der Waals surface area contributed by atoms with E-state index in [0.29, 0.717) is 12.5 Å². The SMILES string of the molecule is COc1ccc(Cn2nnnc2[C@H](C(C)C)[NH+]2CCC(O)CC2)cc1. The van der Waals surface area contributed by atoms with Gasteiger partial charge in [0.2, 0.25) is 5.82 Å². The fourth-order valence-electron chi connectivity index (χ4n) is 3.69. The van der Waals surface area contributed by atoms with Crippen molar-refractivity contribution < 1.29 is 14.7 Å². The molecule has 0 aliphatic carbocycles. The smallest absolute Gasteiger partial charge is 0.209 e. The number of hydrogen-bond donors (Lipinski definition) is 2. The van der Waals surface area contributed by atoms with Crippen molar-refractivity contribution in [1.82, 2.24) is 20.2 Å². The minimum Gasteiger partial charge on any atom is -0.497 e. The molecule has 0 saturated carbocycles. The number of tetrazole rings is 1. The van der Waals surface area contributed by atoms with Gasteiger partial charge in [0.05, 0.1) is 32.8 Å². The average Bonchev–Trinajstić information content (AvgIpc) is 3.05. The highest BCUT2D eigenvalue weighted by Crippen LogP contribution is 2.19. The molecule has 1 saturated heterocycles. The number of hydrogen-bond acceptors (Lipinski definition) is 5. The summed E-state index contributed by atoms with van der Waals surface area (Å²) in [6, 6.07) is 8.23. The minimum absolute atomic E-state index is 0.160. The molecule has 1 aromatic carbocycles. The maximum absolute atomic E-state index is 9.80. The van der Waals surface area contributed by atoms with Gasteiger partial charge in [-0.05, 0) is 28.1 Å². The molecule has 1 fully saturated rings. The number of nitrogens with zero attached hydrogens (tertiary/aromatic N) is 4. The Kier molecular flexibility index (Phi) is 5.65. The molecule has 0 amide bonds. The number of ether oxygens (including phenoxy) is 1. The first kappa shape index (κ1) is 17.8. The number of methoxy groups -OCH3 is 1. The van der Waals surface area contributed by atoms with Gasteiger partial charge in [-0.2, -0.15) is 0 Å². The zero-order valence-corrected chi connectivity index (χ0v) is 15.2. The third kappa shape index (κ3) is 4.16. The van der Waals surface area contributed by atoms with E-state index in [4.69, 9.17) is 4.74 Å². The summed E-state index contributed by atoms with van der Waals surface area (Å²) < 4.78 is 7.12. The van der Waals surface area contributed by atoms with Gasteiger partial charge in [0.15, 0.2) is 6.04 Å². The predicted octanol–water partition coefficient (Wildman–Crippen LogP) is 0.467. The van der Waals surface area contributed by atoms with E-state index in [9.17, 15) is 5.11 Å². The van der Waals surface area contributed by atoms with E-state index < -0.39 is 0 Å². The zero-order chi connectivity index (χ0) is 17.8. The number of aromatic nitrogens is 4. The first-order valence-electron chi connectivity index (χ1n) is 9.00. The molecule has 136 valence electrons. The molecule has 0 bridgehead atoms. The van der Waals surface area contributed by atoms with Crippen molar-refractivity contribution in [2.75, 3.05) is 20.2 Å². The molecule has 1 atom stereocenters. The summed E-state index contributed by atoms with van der Waals surface area (Å²) in [6.07, 6.45) is 1.53. The van der Waals surface area contributed by atoms with Crippen LogP contribution in [0.1, 0.15) is 44.1 Å². The summed E-state index contributed by atoms with van der Waals surface area (Å²) >= 11 is 0. The number of aliphatic hydroxyl groups is 1. The molecular weight excluding hydrogens is 318 g/mol. The van der Waals surface area contributed by atoms with Crippen LogP contribution in [0.2, 0.25) is 0 Å². The molecule has 1 aromatic heterocycles. The van der Waals surface area contributed by atoms with Crippen LogP contribution in [0.5, 0.6) is 5.75 Å². The number of piperidine rings is 1. The van der Waals surface area contributed by atoms with E-state index in [1.165, 1.54) is 4.90 Å². The van der Waals surface area contributed by atoms with Crippen molar-refractivity contribution in [2.45, 2.75) is 45.4 Å². The van der Waals surface area contributed by atoms with E-state index >= 15 is 0 Å². The van der Waals surface area contributed by atoms with Gasteiger partial charge in [-0.15, -0.1) is 5.10 Å². The molecule has 2 N–H and O–H groups in total. The van der Waals surface area contributed by atoms with Gasteiger partial charge in [-0.1, -0.05) is 26.0 Å². The highest BCUT2D eigenvalue weighted by atomic mass is 16.5. The highest BCUT2D eigenvalue weighted by Gasteiger charge is 2.35. The summed E-state index contributed by atoms with van der Waals surface area (Å²) in [7, 11) is 1.67. The zero-order valence-electron chi connectivity index (χ0n) is 15.2. The Balaban J connectivity index is 1.79. The second-order valence-corrected chi connectivity index (χ2v) is 7.15. The molecule has 3 rings (SSSR count). The van der Waals surface area contributed by atoms with Crippen molar-refractivity contribution in [1.29, 1.82) is 0 Å². The Morgan fingerprint density at radius 3 is 2.52 bits per heavy atom. The van der Waals surface area contributed by atoms with E-state index in [1.807, 2.05) is 28.9 Å². The van der Waals surface area contributed by atoms with Gasteiger partial charge in [0.25, 0.3) is 0 Å². The van der Waals surface area contributed by atoms with Crippen molar-refractivity contribution in [3.05, 3.63) is 35.7 Å². The van der Waals surface area contributed by atoms with Crippen LogP contribution in [0.15, 0.2) is 24.3 Å². The van der Waals surface area contributed by atoms with Crippen LogP contribution in [0.3, 0.4) is 0 Å². The summed E-state index contributed by atoms with van der Waals surface area (Å²) in [5.74, 6) is 2.19. The molecule has 1 aliphatic heterocycles. The lowest BCUT2D eigenvalue weighted by Gasteiger charge is -2.34. The van der Waals surface area contributed by atoms with E-state index in [-0.39, 0.29) is 12.1 Å². The number of nitrogens with one attached hydrogen (secondary N) is 1. The maximum atomic E-state index is 9.80. The Labute approximate surface area is 148 Å². The molecule has 7 nitrogen and oxygen atoms in total. The quantitative estimate of drug-likeness (QED) is 0.795. The van der Waals surface area contributed by atoms with Gasteiger partial charge >= 0.3 is 0 Å². The van der Waals surface area contributed by atoms with E-state index in [1.54, 1.807) is 7.11 Å². The van der Waals surface area contributed by atoms with Crippen LogP contribution in [0.4, 0.5) is 0 Å². The third-order valence-corrected chi connectivity index (χ3v) is 5.03. The molecule has 2 heterocycles. The number of likely N-dealkylation sites (tertiary alicyclic amines) is 1. The monoisotopic (exact) mass is 346 g/mol. The number of quaternary nitrogens is 1. The van der Waals surface area contributed by atoms with E-state index in [2.05, 4.69) is 29.4 Å². The van der Waals surface area contributed by atoms with Crippen LogP contribution in [0.25, 0.3) is 0 Å². The van der Waals surface area contributed by atoms with Gasteiger partial charge in [0, 0.05) is 18.8 Å². The van der Waals surface area contributed by atoms with Gasteiger partial charge in [-0.3, -0.25) is 0 Å². The number of benzene rings is 1. The summed E-state index contributed by atoms with van der Waals surface area (Å²) in [5, 5.41) is 22.3.